The monoisotopic (exact) mass is 362 g/mol. The summed E-state index contributed by atoms with van der Waals surface area (Å²) in [5, 5.41) is 11.4. The Morgan fingerprint density at radius 2 is 2.19 bits per heavy atom. The molecule has 3 rings (SSSR count). The van der Waals surface area contributed by atoms with Gasteiger partial charge in [-0.1, -0.05) is 6.07 Å². The minimum absolute atomic E-state index is 0.248. The molecule has 0 atom stereocenters. The number of hydrogen-bond donors (Lipinski definition) is 2. The van der Waals surface area contributed by atoms with Crippen molar-refractivity contribution in [3.63, 3.8) is 0 Å². The van der Waals surface area contributed by atoms with Crippen LogP contribution in [0.5, 0.6) is 0 Å². The van der Waals surface area contributed by atoms with Crippen molar-refractivity contribution in [1.29, 1.82) is 0 Å². The molecule has 0 fully saturated rings. The summed E-state index contributed by atoms with van der Waals surface area (Å²) < 4.78 is 0.820. The second-order valence-corrected chi connectivity index (χ2v) is 6.39. The van der Waals surface area contributed by atoms with Gasteiger partial charge in [0.15, 0.2) is 0 Å². The Bertz CT molecular complexity index is 846. The standard InChI is InChI=1S/C14H11BrN4OS/c1-7-2-3-9(15)10(6-7)18-13(20)12-11(16)8-4-5-17-19-14(8)21-12/h2-6H,16H2,1H3,(H,18,20). The summed E-state index contributed by atoms with van der Waals surface area (Å²) >= 11 is 4.66. The molecule has 106 valence electrons. The molecular weight excluding hydrogens is 352 g/mol. The van der Waals surface area contributed by atoms with Crippen molar-refractivity contribution in [2.24, 2.45) is 0 Å². The fraction of sp³-hybridized carbons (Fsp3) is 0.0714. The van der Waals surface area contributed by atoms with E-state index in [9.17, 15) is 4.79 Å². The molecule has 1 amide bonds. The van der Waals surface area contributed by atoms with Crippen molar-refractivity contribution >= 4 is 54.8 Å². The van der Waals surface area contributed by atoms with Gasteiger partial charge in [-0.15, -0.1) is 16.4 Å². The van der Waals surface area contributed by atoms with Gasteiger partial charge in [0.2, 0.25) is 0 Å². The lowest BCUT2D eigenvalue weighted by atomic mass is 10.2. The minimum atomic E-state index is -0.248. The van der Waals surface area contributed by atoms with Gasteiger partial charge >= 0.3 is 0 Å². The van der Waals surface area contributed by atoms with E-state index < -0.39 is 0 Å². The van der Waals surface area contributed by atoms with Crippen molar-refractivity contribution < 1.29 is 4.79 Å². The Balaban J connectivity index is 1.97. The van der Waals surface area contributed by atoms with Crippen molar-refractivity contribution in [1.82, 2.24) is 10.2 Å². The van der Waals surface area contributed by atoms with Crippen molar-refractivity contribution in [2.75, 3.05) is 11.1 Å². The number of benzene rings is 1. The zero-order valence-electron chi connectivity index (χ0n) is 11.1. The smallest absolute Gasteiger partial charge is 0.267 e. The predicted octanol–water partition coefficient (Wildman–Crippen LogP) is 3.60. The molecule has 0 spiro atoms. The first kappa shape index (κ1) is 14.0. The second-order valence-electron chi connectivity index (χ2n) is 4.53. The number of fused-ring (bicyclic) bond motifs is 1. The van der Waals surface area contributed by atoms with E-state index >= 15 is 0 Å². The van der Waals surface area contributed by atoms with Gasteiger partial charge in [0.1, 0.15) is 9.71 Å². The Morgan fingerprint density at radius 1 is 1.38 bits per heavy atom. The number of halogens is 1. The van der Waals surface area contributed by atoms with Crippen LogP contribution in [0.15, 0.2) is 34.9 Å². The van der Waals surface area contributed by atoms with E-state index in [2.05, 4.69) is 31.4 Å². The number of nitrogens with two attached hydrogens (primary N) is 1. The molecule has 7 heteroatoms. The molecule has 3 aromatic rings. The molecule has 0 aliphatic carbocycles. The fourth-order valence-electron chi connectivity index (χ4n) is 1.96. The van der Waals surface area contributed by atoms with E-state index in [1.54, 1.807) is 12.3 Å². The molecule has 0 unspecified atom stereocenters. The van der Waals surface area contributed by atoms with Gasteiger partial charge in [-0.25, -0.2) is 0 Å². The largest absolute Gasteiger partial charge is 0.397 e. The summed E-state index contributed by atoms with van der Waals surface area (Å²) in [6.45, 7) is 1.96. The van der Waals surface area contributed by atoms with E-state index in [4.69, 9.17) is 5.73 Å². The molecule has 0 bridgehead atoms. The van der Waals surface area contributed by atoms with Crippen LogP contribution in [-0.4, -0.2) is 16.1 Å². The van der Waals surface area contributed by atoms with Crippen molar-refractivity contribution in [2.45, 2.75) is 6.92 Å². The summed E-state index contributed by atoms with van der Waals surface area (Å²) in [6.07, 6.45) is 1.56. The van der Waals surface area contributed by atoms with Crippen LogP contribution < -0.4 is 11.1 Å². The summed E-state index contributed by atoms with van der Waals surface area (Å²) in [5.41, 5.74) is 8.24. The van der Waals surface area contributed by atoms with Crippen molar-refractivity contribution in [3.05, 3.63) is 45.4 Å². The van der Waals surface area contributed by atoms with Crippen LogP contribution >= 0.6 is 27.3 Å². The number of rotatable bonds is 2. The van der Waals surface area contributed by atoms with Gasteiger partial charge in [-0.05, 0) is 46.6 Å². The number of amides is 1. The van der Waals surface area contributed by atoms with Crippen molar-refractivity contribution in [3.8, 4) is 0 Å². The number of hydrogen-bond acceptors (Lipinski definition) is 5. The van der Waals surface area contributed by atoms with Crippen LogP contribution in [-0.2, 0) is 0 Å². The lowest BCUT2D eigenvalue weighted by Gasteiger charge is -2.07. The average Bonchev–Trinajstić information content (AvgIpc) is 2.81. The van der Waals surface area contributed by atoms with Crippen LogP contribution in [0.2, 0.25) is 0 Å². The topological polar surface area (TPSA) is 80.9 Å². The molecule has 1 aromatic carbocycles. The zero-order valence-corrected chi connectivity index (χ0v) is 13.5. The molecular formula is C14H11BrN4OS. The predicted molar refractivity (Wildman–Crippen MR) is 88.7 cm³/mol. The number of aromatic nitrogens is 2. The third-order valence-corrected chi connectivity index (χ3v) is 4.79. The Kier molecular flexibility index (Phi) is 3.60. The fourth-order valence-corrected chi connectivity index (χ4v) is 3.23. The van der Waals surface area contributed by atoms with E-state index in [0.717, 1.165) is 15.4 Å². The van der Waals surface area contributed by atoms with Gasteiger partial charge in [0, 0.05) is 9.86 Å². The van der Waals surface area contributed by atoms with Crippen LogP contribution in [0.25, 0.3) is 10.2 Å². The third-order valence-electron chi connectivity index (χ3n) is 3.00. The first-order valence-electron chi connectivity index (χ1n) is 6.13. The summed E-state index contributed by atoms with van der Waals surface area (Å²) in [4.78, 5) is 13.5. The second kappa shape index (κ2) is 5.42. The number of nitrogens with one attached hydrogen (secondary N) is 1. The summed E-state index contributed by atoms with van der Waals surface area (Å²) in [5.74, 6) is -0.248. The van der Waals surface area contributed by atoms with Crippen LogP contribution in [0.3, 0.4) is 0 Å². The normalized spacial score (nSPS) is 10.8. The SMILES string of the molecule is Cc1ccc(Br)c(NC(=O)c2sc3nnccc3c2N)c1. The minimum Gasteiger partial charge on any atom is -0.397 e. The first-order valence-corrected chi connectivity index (χ1v) is 7.74. The number of nitrogen functional groups attached to an aromatic ring is 1. The quantitative estimate of drug-likeness (QED) is 0.729. The van der Waals surface area contributed by atoms with E-state index in [1.165, 1.54) is 11.3 Å². The van der Waals surface area contributed by atoms with Gasteiger partial charge in [-0.2, -0.15) is 5.10 Å². The highest BCUT2D eigenvalue weighted by atomic mass is 79.9. The molecule has 0 saturated heterocycles. The molecule has 0 aliphatic rings. The van der Waals surface area contributed by atoms with Crippen LogP contribution in [0.4, 0.5) is 11.4 Å². The highest BCUT2D eigenvalue weighted by Crippen LogP contribution is 2.33. The van der Waals surface area contributed by atoms with Gasteiger partial charge in [0.25, 0.3) is 5.91 Å². The maximum Gasteiger partial charge on any atom is 0.267 e. The molecule has 21 heavy (non-hydrogen) atoms. The van der Waals surface area contributed by atoms with Gasteiger partial charge in [-0.3, -0.25) is 4.79 Å². The lowest BCUT2D eigenvalue weighted by molar-refractivity contribution is 0.103. The molecule has 3 N–H and O–H groups in total. The highest BCUT2D eigenvalue weighted by molar-refractivity contribution is 9.10. The highest BCUT2D eigenvalue weighted by Gasteiger charge is 2.18. The average molecular weight is 363 g/mol. The van der Waals surface area contributed by atoms with E-state index in [1.807, 2.05) is 25.1 Å². The Morgan fingerprint density at radius 3 is 2.95 bits per heavy atom. The summed E-state index contributed by atoms with van der Waals surface area (Å²) in [6, 6.07) is 7.51. The van der Waals surface area contributed by atoms with Crippen LogP contribution in [0, 0.1) is 6.92 Å². The zero-order chi connectivity index (χ0) is 15.0. The Hall–Kier alpha value is -1.99. The molecule has 0 aliphatic heterocycles. The van der Waals surface area contributed by atoms with E-state index in [0.29, 0.717) is 21.1 Å². The maximum atomic E-state index is 12.4. The summed E-state index contributed by atoms with van der Waals surface area (Å²) in [7, 11) is 0. The number of anilines is 2. The number of carbonyl (C=O) groups excluding carboxylic acids is 1. The van der Waals surface area contributed by atoms with Gasteiger partial charge < -0.3 is 11.1 Å². The molecule has 5 nitrogen and oxygen atoms in total. The first-order chi connectivity index (χ1) is 10.1. The number of thiophene rings is 1. The van der Waals surface area contributed by atoms with Gasteiger partial charge in [0.05, 0.1) is 17.6 Å². The Labute approximate surface area is 133 Å². The molecule has 2 heterocycles. The number of nitrogens with zero attached hydrogens (tertiary/aromatic N) is 2. The lowest BCUT2D eigenvalue weighted by Crippen LogP contribution is -2.12. The third kappa shape index (κ3) is 2.62. The molecule has 0 radical (unpaired) electrons. The molecule has 2 aromatic heterocycles. The maximum absolute atomic E-state index is 12.4. The number of aryl methyl sites for hydroxylation is 1. The van der Waals surface area contributed by atoms with Crippen LogP contribution in [0.1, 0.15) is 15.2 Å². The molecule has 0 saturated carbocycles. The van der Waals surface area contributed by atoms with E-state index in [-0.39, 0.29) is 5.91 Å². The number of carbonyl (C=O) groups is 1.